The third-order valence-electron chi connectivity index (χ3n) is 5.79. The van der Waals surface area contributed by atoms with Gasteiger partial charge in [0.05, 0.1) is 12.7 Å². The van der Waals surface area contributed by atoms with Crippen LogP contribution in [0.1, 0.15) is 68.1 Å². The summed E-state index contributed by atoms with van der Waals surface area (Å²) in [4.78, 5) is 17.8. The molecule has 0 bridgehead atoms. The van der Waals surface area contributed by atoms with E-state index in [1.807, 2.05) is 6.08 Å². The van der Waals surface area contributed by atoms with Gasteiger partial charge in [0, 0.05) is 24.2 Å². The van der Waals surface area contributed by atoms with Crippen molar-refractivity contribution in [2.24, 2.45) is 4.99 Å². The molecular formula is C22H28N2O3. The second-order valence-electron chi connectivity index (χ2n) is 7.78. The van der Waals surface area contributed by atoms with Crippen LogP contribution >= 0.6 is 0 Å². The molecule has 27 heavy (non-hydrogen) atoms. The van der Waals surface area contributed by atoms with Crippen LogP contribution in [0.3, 0.4) is 0 Å². The van der Waals surface area contributed by atoms with Crippen LogP contribution in [0.2, 0.25) is 0 Å². The number of aliphatic hydroxyl groups is 1. The van der Waals surface area contributed by atoms with Crippen LogP contribution in [0.15, 0.2) is 29.3 Å². The van der Waals surface area contributed by atoms with Crippen molar-refractivity contribution < 1.29 is 14.6 Å². The van der Waals surface area contributed by atoms with E-state index in [4.69, 9.17) is 4.74 Å². The highest BCUT2D eigenvalue weighted by atomic mass is 16.5. The van der Waals surface area contributed by atoms with Gasteiger partial charge >= 0.3 is 6.03 Å². The Bertz CT molecular complexity index is 761. The Hall–Kier alpha value is -2.14. The van der Waals surface area contributed by atoms with Crippen LogP contribution < -0.4 is 0 Å². The molecule has 0 aromatic heterocycles. The van der Waals surface area contributed by atoms with Crippen molar-refractivity contribution in [3.8, 4) is 0 Å². The van der Waals surface area contributed by atoms with E-state index in [1.165, 1.54) is 49.7 Å². The van der Waals surface area contributed by atoms with Crippen LogP contribution in [0.5, 0.6) is 0 Å². The lowest BCUT2D eigenvalue weighted by Gasteiger charge is -2.21. The summed E-state index contributed by atoms with van der Waals surface area (Å²) in [5.41, 5.74) is 4.39. The van der Waals surface area contributed by atoms with Gasteiger partial charge in [0.25, 0.3) is 0 Å². The van der Waals surface area contributed by atoms with Crippen LogP contribution in [0.4, 0.5) is 4.79 Å². The number of aliphatic imine (C=N–C) groups is 1. The molecule has 1 aliphatic carbocycles. The van der Waals surface area contributed by atoms with E-state index >= 15 is 0 Å². The van der Waals surface area contributed by atoms with Gasteiger partial charge in [0.2, 0.25) is 0 Å². The first-order chi connectivity index (χ1) is 13.2. The Morgan fingerprint density at radius 2 is 1.96 bits per heavy atom. The highest BCUT2D eigenvalue weighted by Gasteiger charge is 2.26. The molecule has 5 heteroatoms. The Balaban J connectivity index is 1.52. The van der Waals surface area contributed by atoms with Gasteiger partial charge in [-0.2, -0.15) is 4.99 Å². The highest BCUT2D eigenvalue weighted by Crippen LogP contribution is 2.31. The second kappa shape index (κ2) is 8.26. The number of benzene rings is 1. The van der Waals surface area contributed by atoms with E-state index in [2.05, 4.69) is 23.2 Å². The predicted octanol–water partition coefficient (Wildman–Crippen LogP) is 5.00. The van der Waals surface area contributed by atoms with Crippen molar-refractivity contribution >= 4 is 17.6 Å². The second-order valence-corrected chi connectivity index (χ2v) is 7.78. The normalized spacial score (nSPS) is 21.3. The molecule has 0 spiro atoms. The van der Waals surface area contributed by atoms with E-state index in [1.54, 1.807) is 4.90 Å². The zero-order valence-corrected chi connectivity index (χ0v) is 15.8. The number of aryl methyl sites for hydroxylation is 1. The van der Waals surface area contributed by atoms with Gasteiger partial charge in [0.1, 0.15) is 0 Å². The molecule has 1 saturated carbocycles. The van der Waals surface area contributed by atoms with Gasteiger partial charge in [-0.25, -0.2) is 4.79 Å². The highest BCUT2D eigenvalue weighted by molar-refractivity contribution is 5.97. The van der Waals surface area contributed by atoms with Crippen LogP contribution in [-0.4, -0.2) is 34.6 Å². The first kappa shape index (κ1) is 18.2. The number of rotatable bonds is 3. The molecule has 2 heterocycles. The lowest BCUT2D eigenvalue weighted by Crippen LogP contribution is -2.26. The van der Waals surface area contributed by atoms with Gasteiger partial charge < -0.3 is 9.84 Å². The minimum Gasteiger partial charge on any atom is -0.496 e. The van der Waals surface area contributed by atoms with E-state index in [0.29, 0.717) is 25.7 Å². The average molecular weight is 368 g/mol. The van der Waals surface area contributed by atoms with Crippen LogP contribution in [-0.2, 0) is 17.8 Å². The number of carbonyl (C=O) groups excluding carboxylic acids is 1. The fourth-order valence-corrected chi connectivity index (χ4v) is 4.33. The minimum atomic E-state index is -0.370. The Labute approximate surface area is 160 Å². The van der Waals surface area contributed by atoms with Gasteiger partial charge in [-0.15, -0.1) is 0 Å². The number of hydrogen-bond acceptors (Lipinski definition) is 2. The molecule has 1 fully saturated rings. The summed E-state index contributed by atoms with van der Waals surface area (Å²) in [5.74, 6) is -0.115. The number of carbonyl (C=O) groups is 1. The number of nitrogens with zero attached hydrogens (tertiary/aromatic N) is 2. The van der Waals surface area contributed by atoms with Crippen molar-refractivity contribution in [1.82, 2.24) is 4.90 Å². The fraction of sp³-hybridized carbons (Fsp3) is 0.545. The lowest BCUT2D eigenvalue weighted by molar-refractivity contribution is 0.0309. The Morgan fingerprint density at radius 3 is 2.78 bits per heavy atom. The lowest BCUT2D eigenvalue weighted by atomic mass is 9.98. The van der Waals surface area contributed by atoms with E-state index in [9.17, 15) is 9.90 Å². The topological polar surface area (TPSA) is 62.1 Å². The minimum absolute atomic E-state index is 0.115. The predicted molar refractivity (Wildman–Crippen MR) is 106 cm³/mol. The number of fused-ring (bicyclic) bond motifs is 3. The zero-order chi connectivity index (χ0) is 18.6. The number of aliphatic hydroxyl groups excluding tert-OH is 1. The molecule has 0 unspecified atom stereocenters. The molecule has 3 aliphatic rings. The van der Waals surface area contributed by atoms with Gasteiger partial charge in [-0.05, 0) is 36.8 Å². The Morgan fingerprint density at radius 1 is 1.15 bits per heavy atom. The SMILES string of the molecule is O=C1N=C(O)CC=C2c3ccc(COC4CCCCCC4)cc3CCCN12. The molecule has 4 rings (SSSR count). The standard InChI is InChI=1S/C22H28N2O3/c25-21-12-11-20-19-10-9-16(15-27-18-7-3-1-2-4-8-18)14-17(19)6-5-13-24(20)22(26)23-21/h9-11,14,18H,1-8,12-13,15H2,(H,23,25,26). The maximum absolute atomic E-state index is 12.3. The van der Waals surface area contributed by atoms with Gasteiger partial charge in [-0.1, -0.05) is 50.0 Å². The van der Waals surface area contributed by atoms with Crippen molar-refractivity contribution in [2.75, 3.05) is 6.54 Å². The molecule has 0 atom stereocenters. The monoisotopic (exact) mass is 368 g/mol. The smallest absolute Gasteiger partial charge is 0.351 e. The summed E-state index contributed by atoms with van der Waals surface area (Å²) in [6.45, 7) is 1.29. The Kier molecular flexibility index (Phi) is 5.58. The van der Waals surface area contributed by atoms with Gasteiger partial charge in [-0.3, -0.25) is 4.90 Å². The molecule has 5 nitrogen and oxygen atoms in total. The summed E-state index contributed by atoms with van der Waals surface area (Å²) >= 11 is 0. The molecule has 144 valence electrons. The van der Waals surface area contributed by atoms with E-state index in [0.717, 1.165) is 24.1 Å². The maximum Gasteiger partial charge on any atom is 0.351 e. The van der Waals surface area contributed by atoms with Crippen molar-refractivity contribution in [1.29, 1.82) is 0 Å². The summed E-state index contributed by atoms with van der Waals surface area (Å²) in [7, 11) is 0. The quantitative estimate of drug-likeness (QED) is 0.764. The molecule has 2 aliphatic heterocycles. The molecule has 1 aromatic carbocycles. The van der Waals surface area contributed by atoms with Crippen LogP contribution in [0, 0.1) is 0 Å². The number of urea groups is 1. The third kappa shape index (κ3) is 4.24. The summed E-state index contributed by atoms with van der Waals surface area (Å²) in [6.07, 6.45) is 12.0. The fourth-order valence-electron chi connectivity index (χ4n) is 4.33. The van der Waals surface area contributed by atoms with Crippen LogP contribution in [0.25, 0.3) is 5.70 Å². The first-order valence-corrected chi connectivity index (χ1v) is 10.2. The van der Waals surface area contributed by atoms with Crippen molar-refractivity contribution in [2.45, 2.75) is 70.5 Å². The largest absolute Gasteiger partial charge is 0.496 e. The zero-order valence-electron chi connectivity index (χ0n) is 15.8. The van der Waals surface area contributed by atoms with E-state index in [-0.39, 0.29) is 11.9 Å². The molecule has 1 aromatic rings. The van der Waals surface area contributed by atoms with Crippen molar-refractivity contribution in [3.05, 3.63) is 41.0 Å². The first-order valence-electron chi connectivity index (χ1n) is 10.2. The third-order valence-corrected chi connectivity index (χ3v) is 5.79. The summed E-state index contributed by atoms with van der Waals surface area (Å²) in [5, 5.41) is 9.72. The number of ether oxygens (including phenoxy) is 1. The maximum atomic E-state index is 12.3. The summed E-state index contributed by atoms with van der Waals surface area (Å²) < 4.78 is 6.20. The average Bonchev–Trinajstić information content (AvgIpc) is 3.08. The molecule has 0 radical (unpaired) electrons. The van der Waals surface area contributed by atoms with E-state index < -0.39 is 0 Å². The number of amides is 2. The molecule has 2 amide bonds. The number of hydrogen-bond donors (Lipinski definition) is 1. The van der Waals surface area contributed by atoms with Crippen molar-refractivity contribution in [3.63, 3.8) is 0 Å². The molecule has 1 N–H and O–H groups in total. The summed E-state index contributed by atoms with van der Waals surface area (Å²) in [6, 6.07) is 6.06. The molecule has 0 saturated heterocycles. The van der Waals surface area contributed by atoms with Gasteiger partial charge in [0.15, 0.2) is 5.90 Å². The molecular weight excluding hydrogens is 340 g/mol.